The van der Waals surface area contributed by atoms with E-state index in [2.05, 4.69) is 10.2 Å². The summed E-state index contributed by atoms with van der Waals surface area (Å²) >= 11 is 1.15. The van der Waals surface area contributed by atoms with Gasteiger partial charge in [0.15, 0.2) is 28.2 Å². The van der Waals surface area contributed by atoms with Gasteiger partial charge in [0.25, 0.3) is 5.91 Å². The fraction of sp³-hybridized carbons (Fsp3) is 0.192. The standard InChI is InChI=1S/C26H25N3O7S/c1-4-35-20-10-16(7-8-19(20)30)14-27-28-26-29(15-18-6-5-9-36-18)25(32)23(37-26)13-17-11-21(33-2)24(31)22(12-17)34-3/h5-14,30-31H,4,15H2,1-3H3/b23-13-,27-14+,28-26-. The molecule has 37 heavy (non-hydrogen) atoms. The molecule has 3 aromatic rings. The first-order valence-corrected chi connectivity index (χ1v) is 12.0. The quantitative estimate of drug-likeness (QED) is 0.237. The topological polar surface area (TPSA) is 126 Å². The Morgan fingerprint density at radius 3 is 2.43 bits per heavy atom. The Morgan fingerprint density at radius 1 is 1.05 bits per heavy atom. The second kappa shape index (κ2) is 11.6. The molecule has 10 nitrogen and oxygen atoms in total. The summed E-state index contributed by atoms with van der Waals surface area (Å²) in [5.41, 5.74) is 1.26. The molecular formula is C26H25N3O7S. The van der Waals surface area contributed by atoms with Crippen LogP contribution in [0.4, 0.5) is 0 Å². The van der Waals surface area contributed by atoms with Gasteiger partial charge in [0.2, 0.25) is 5.75 Å². The number of rotatable bonds is 9. The number of ether oxygens (including phenoxy) is 3. The Balaban J connectivity index is 1.65. The molecule has 0 aliphatic carbocycles. The van der Waals surface area contributed by atoms with Gasteiger partial charge in [-0.25, -0.2) is 0 Å². The van der Waals surface area contributed by atoms with Crippen LogP contribution in [0.25, 0.3) is 6.08 Å². The van der Waals surface area contributed by atoms with Gasteiger partial charge in [-0.2, -0.15) is 5.10 Å². The van der Waals surface area contributed by atoms with Crippen LogP contribution in [0.2, 0.25) is 0 Å². The van der Waals surface area contributed by atoms with Gasteiger partial charge in [-0.1, -0.05) is 0 Å². The molecule has 2 heterocycles. The lowest BCUT2D eigenvalue weighted by Gasteiger charge is -2.12. The van der Waals surface area contributed by atoms with Crippen LogP contribution in [-0.2, 0) is 11.3 Å². The zero-order chi connectivity index (χ0) is 26.4. The van der Waals surface area contributed by atoms with Gasteiger partial charge in [0.1, 0.15) is 5.76 Å². The van der Waals surface area contributed by atoms with Crippen molar-refractivity contribution in [3.8, 4) is 28.7 Å². The second-order valence-electron chi connectivity index (χ2n) is 7.64. The van der Waals surface area contributed by atoms with Gasteiger partial charge in [-0.05, 0) is 78.4 Å². The van der Waals surface area contributed by atoms with Crippen LogP contribution in [-0.4, -0.2) is 53.2 Å². The Kier molecular flexibility index (Phi) is 8.04. The molecule has 0 spiro atoms. The summed E-state index contributed by atoms with van der Waals surface area (Å²) in [4.78, 5) is 15.2. The third-order valence-electron chi connectivity index (χ3n) is 5.22. The van der Waals surface area contributed by atoms with Gasteiger partial charge < -0.3 is 28.8 Å². The number of phenols is 2. The predicted molar refractivity (Wildman–Crippen MR) is 140 cm³/mol. The van der Waals surface area contributed by atoms with E-state index in [0.717, 1.165) is 11.8 Å². The van der Waals surface area contributed by atoms with Crippen LogP contribution >= 0.6 is 11.8 Å². The lowest BCUT2D eigenvalue weighted by atomic mass is 10.1. The molecular weight excluding hydrogens is 498 g/mol. The number of hydrogen-bond donors (Lipinski definition) is 2. The molecule has 1 aliphatic rings. The van der Waals surface area contributed by atoms with E-state index in [9.17, 15) is 15.0 Å². The molecule has 0 radical (unpaired) electrons. The maximum absolute atomic E-state index is 13.3. The largest absolute Gasteiger partial charge is 0.504 e. The first-order chi connectivity index (χ1) is 17.9. The molecule has 2 aromatic carbocycles. The van der Waals surface area contributed by atoms with Gasteiger partial charge >= 0.3 is 0 Å². The smallest absolute Gasteiger partial charge is 0.267 e. The Labute approximate surface area is 217 Å². The highest BCUT2D eigenvalue weighted by atomic mass is 32.2. The van der Waals surface area contributed by atoms with Gasteiger partial charge in [-0.3, -0.25) is 9.69 Å². The minimum atomic E-state index is -0.287. The maximum atomic E-state index is 13.3. The molecule has 0 atom stereocenters. The maximum Gasteiger partial charge on any atom is 0.267 e. The van der Waals surface area contributed by atoms with Crippen molar-refractivity contribution in [1.82, 2.24) is 4.90 Å². The fourth-order valence-corrected chi connectivity index (χ4v) is 4.39. The minimum absolute atomic E-state index is 0.0316. The first-order valence-electron chi connectivity index (χ1n) is 11.2. The van der Waals surface area contributed by atoms with E-state index in [1.165, 1.54) is 37.7 Å². The number of phenolic OH excluding ortho intramolecular Hbond substituents is 2. The highest BCUT2D eigenvalue weighted by molar-refractivity contribution is 8.18. The molecule has 1 fully saturated rings. The SMILES string of the molecule is CCOc1cc(/C=N/N=C2\S/C(=C\c3cc(OC)c(O)c(OC)c3)C(=O)N2Cc2ccco2)ccc1O. The van der Waals surface area contributed by atoms with Gasteiger partial charge in [-0.15, -0.1) is 5.10 Å². The van der Waals surface area contributed by atoms with E-state index < -0.39 is 0 Å². The number of benzene rings is 2. The number of furan rings is 1. The highest BCUT2D eigenvalue weighted by Gasteiger charge is 2.34. The lowest BCUT2D eigenvalue weighted by Crippen LogP contribution is -2.28. The van der Waals surface area contributed by atoms with Gasteiger partial charge in [0, 0.05) is 0 Å². The summed E-state index contributed by atoms with van der Waals surface area (Å²) in [6, 6.07) is 11.5. The Bertz CT molecular complexity index is 1340. The van der Waals surface area contributed by atoms with Crippen molar-refractivity contribution < 1.29 is 33.6 Å². The van der Waals surface area contributed by atoms with Crippen molar-refractivity contribution in [2.24, 2.45) is 10.2 Å². The summed E-state index contributed by atoms with van der Waals surface area (Å²) in [6.07, 6.45) is 4.69. The summed E-state index contributed by atoms with van der Waals surface area (Å²) in [6.45, 7) is 2.40. The van der Waals surface area contributed by atoms with E-state index in [0.29, 0.717) is 39.3 Å². The van der Waals surface area contributed by atoms with E-state index in [1.54, 1.807) is 42.5 Å². The molecule has 0 unspecified atom stereocenters. The van der Waals surface area contributed by atoms with Gasteiger partial charge in [0.05, 0.1) is 44.8 Å². The molecule has 192 valence electrons. The average molecular weight is 524 g/mol. The van der Waals surface area contributed by atoms with Crippen LogP contribution in [0.3, 0.4) is 0 Å². The minimum Gasteiger partial charge on any atom is -0.504 e. The Hall–Kier alpha value is -4.38. The van der Waals surface area contributed by atoms with E-state index in [1.807, 2.05) is 6.92 Å². The molecule has 0 saturated carbocycles. The summed E-state index contributed by atoms with van der Waals surface area (Å²) in [5, 5.41) is 28.9. The van der Waals surface area contributed by atoms with Crippen LogP contribution in [0.1, 0.15) is 23.8 Å². The predicted octanol–water partition coefficient (Wildman–Crippen LogP) is 4.61. The Morgan fingerprint density at radius 2 is 1.78 bits per heavy atom. The fourth-order valence-electron chi connectivity index (χ4n) is 3.46. The normalized spacial score (nSPS) is 15.8. The number of thioether (sulfide) groups is 1. The van der Waals surface area contributed by atoms with Crippen LogP contribution in [0.5, 0.6) is 28.7 Å². The molecule has 1 aliphatic heterocycles. The zero-order valence-electron chi connectivity index (χ0n) is 20.4. The molecule has 1 saturated heterocycles. The number of amidine groups is 1. The average Bonchev–Trinajstić information content (AvgIpc) is 3.51. The number of methoxy groups -OCH3 is 2. The van der Waals surface area contributed by atoms with Crippen molar-refractivity contribution in [2.45, 2.75) is 13.5 Å². The highest BCUT2D eigenvalue weighted by Crippen LogP contribution is 2.40. The molecule has 0 bridgehead atoms. The van der Waals surface area contributed by atoms with E-state index in [4.69, 9.17) is 18.6 Å². The van der Waals surface area contributed by atoms with Crippen molar-refractivity contribution in [2.75, 3.05) is 20.8 Å². The molecule has 1 amide bonds. The number of nitrogens with zero attached hydrogens (tertiary/aromatic N) is 3. The van der Waals surface area contributed by atoms with Crippen LogP contribution in [0.15, 0.2) is 68.3 Å². The second-order valence-corrected chi connectivity index (χ2v) is 8.65. The third-order valence-corrected chi connectivity index (χ3v) is 6.21. The first kappa shape index (κ1) is 25.7. The molecule has 1 aromatic heterocycles. The number of carbonyl (C=O) groups is 1. The van der Waals surface area contributed by atoms with Crippen LogP contribution in [0, 0.1) is 0 Å². The summed E-state index contributed by atoms with van der Waals surface area (Å²) < 4.78 is 21.3. The number of hydrogen-bond acceptors (Lipinski definition) is 10. The van der Waals surface area contributed by atoms with Crippen molar-refractivity contribution in [3.63, 3.8) is 0 Å². The third kappa shape index (κ3) is 5.89. The lowest BCUT2D eigenvalue weighted by molar-refractivity contribution is -0.122. The monoisotopic (exact) mass is 523 g/mol. The number of aromatic hydroxyl groups is 2. The van der Waals surface area contributed by atoms with Crippen molar-refractivity contribution in [3.05, 3.63) is 70.5 Å². The van der Waals surface area contributed by atoms with E-state index in [-0.39, 0.29) is 35.4 Å². The molecule has 4 rings (SSSR count). The molecule has 2 N–H and O–H groups in total. The summed E-state index contributed by atoms with van der Waals surface area (Å²) in [7, 11) is 2.86. The zero-order valence-corrected chi connectivity index (χ0v) is 21.2. The van der Waals surface area contributed by atoms with Crippen LogP contribution < -0.4 is 14.2 Å². The molecule has 11 heteroatoms. The van der Waals surface area contributed by atoms with Crippen molar-refractivity contribution in [1.29, 1.82) is 0 Å². The summed E-state index contributed by atoms with van der Waals surface area (Å²) in [5.74, 6) is 0.971. The van der Waals surface area contributed by atoms with E-state index >= 15 is 0 Å². The number of amides is 1. The number of carbonyl (C=O) groups excluding carboxylic acids is 1. The van der Waals surface area contributed by atoms with Crippen molar-refractivity contribution >= 4 is 35.1 Å².